The molecular weight excluding hydrogens is 409 g/mol. The van der Waals surface area contributed by atoms with Gasteiger partial charge in [0.05, 0.1) is 17.9 Å². The van der Waals surface area contributed by atoms with Crippen LogP contribution < -0.4 is 10.6 Å². The van der Waals surface area contributed by atoms with E-state index in [9.17, 15) is 4.79 Å². The van der Waals surface area contributed by atoms with Crippen LogP contribution in [0.15, 0.2) is 55.1 Å². The van der Waals surface area contributed by atoms with Crippen molar-refractivity contribution >= 4 is 34.8 Å². The van der Waals surface area contributed by atoms with Gasteiger partial charge in [-0.2, -0.15) is 5.10 Å². The monoisotopic (exact) mass is 429 g/mol. The number of benzene rings is 2. The van der Waals surface area contributed by atoms with Crippen molar-refractivity contribution in [1.29, 1.82) is 0 Å². The molecule has 1 saturated carbocycles. The van der Waals surface area contributed by atoms with E-state index in [0.717, 1.165) is 25.7 Å². The third-order valence-electron chi connectivity index (χ3n) is 5.34. The first-order valence-corrected chi connectivity index (χ1v) is 10.3. The minimum Gasteiger partial charge on any atom is -0.323 e. The van der Waals surface area contributed by atoms with Crippen LogP contribution >= 0.6 is 23.2 Å². The number of anilines is 1. The second kappa shape index (κ2) is 8.53. The Kier molecular flexibility index (Phi) is 5.85. The zero-order valence-electron chi connectivity index (χ0n) is 15.7. The van der Waals surface area contributed by atoms with Crippen LogP contribution in [0.5, 0.6) is 0 Å². The fourth-order valence-electron chi connectivity index (χ4n) is 3.90. The first kappa shape index (κ1) is 19.9. The quantitative estimate of drug-likeness (QED) is 0.601. The van der Waals surface area contributed by atoms with Crippen molar-refractivity contribution in [2.45, 2.75) is 31.2 Å². The number of nitrogens with one attached hydrogen (secondary N) is 2. The Balaban J connectivity index is 1.49. The SMILES string of the molecule is O=C(CNC1(c2ccc(Cl)cc2)CCCC1)Nc1cc(Cl)ccc1-n1cncn1. The number of aromatic nitrogens is 3. The van der Waals surface area contributed by atoms with Gasteiger partial charge in [0.15, 0.2) is 0 Å². The minimum absolute atomic E-state index is 0.145. The summed E-state index contributed by atoms with van der Waals surface area (Å²) in [6.07, 6.45) is 7.25. The Bertz CT molecular complexity index is 983. The molecule has 4 rings (SSSR count). The molecule has 6 nitrogen and oxygen atoms in total. The summed E-state index contributed by atoms with van der Waals surface area (Å²) in [6, 6.07) is 13.1. The Morgan fingerprint density at radius 1 is 1.07 bits per heavy atom. The van der Waals surface area contributed by atoms with E-state index in [1.165, 1.54) is 11.9 Å². The molecule has 2 aromatic carbocycles. The molecule has 1 heterocycles. The standard InChI is InChI=1S/C21H21Cl2N5O/c22-16-5-3-15(4-6-16)21(9-1-2-10-21)25-12-20(29)27-18-11-17(23)7-8-19(18)28-14-24-13-26-28/h3-8,11,13-14,25H,1-2,9-10,12H2,(H,27,29). The zero-order chi connectivity index (χ0) is 20.3. The van der Waals surface area contributed by atoms with E-state index in [1.54, 1.807) is 29.2 Å². The molecule has 0 spiro atoms. The predicted molar refractivity (Wildman–Crippen MR) is 115 cm³/mol. The fraction of sp³-hybridized carbons (Fsp3) is 0.286. The van der Waals surface area contributed by atoms with Crippen LogP contribution in [-0.4, -0.2) is 27.2 Å². The molecule has 2 N–H and O–H groups in total. The third kappa shape index (κ3) is 4.45. The summed E-state index contributed by atoms with van der Waals surface area (Å²) in [6.45, 7) is 0.186. The van der Waals surface area contributed by atoms with Crippen LogP contribution in [0.2, 0.25) is 10.0 Å². The third-order valence-corrected chi connectivity index (χ3v) is 5.83. The smallest absolute Gasteiger partial charge is 0.238 e. The summed E-state index contributed by atoms with van der Waals surface area (Å²) >= 11 is 12.2. The van der Waals surface area contributed by atoms with Gasteiger partial charge in [0.1, 0.15) is 12.7 Å². The number of carbonyl (C=O) groups is 1. The number of halogens is 2. The summed E-state index contributed by atoms with van der Waals surface area (Å²) in [5, 5.41) is 11.8. The lowest BCUT2D eigenvalue weighted by Crippen LogP contribution is -2.44. The van der Waals surface area contributed by atoms with Crippen LogP contribution in [-0.2, 0) is 10.3 Å². The van der Waals surface area contributed by atoms with E-state index in [4.69, 9.17) is 23.2 Å². The summed E-state index contributed by atoms with van der Waals surface area (Å²) in [5.41, 5.74) is 2.25. The fourth-order valence-corrected chi connectivity index (χ4v) is 4.20. The molecular formula is C21H21Cl2N5O. The molecule has 1 amide bonds. The van der Waals surface area contributed by atoms with Crippen molar-refractivity contribution in [3.8, 4) is 5.69 Å². The molecule has 0 saturated heterocycles. The largest absolute Gasteiger partial charge is 0.323 e. The lowest BCUT2D eigenvalue weighted by atomic mass is 9.88. The highest BCUT2D eigenvalue weighted by Crippen LogP contribution is 2.39. The van der Waals surface area contributed by atoms with Gasteiger partial charge in [-0.05, 0) is 48.7 Å². The van der Waals surface area contributed by atoms with Crippen LogP contribution in [0.1, 0.15) is 31.2 Å². The van der Waals surface area contributed by atoms with Crippen LogP contribution in [0.25, 0.3) is 5.69 Å². The van der Waals surface area contributed by atoms with Gasteiger partial charge in [0.2, 0.25) is 5.91 Å². The Labute approximate surface area is 179 Å². The maximum Gasteiger partial charge on any atom is 0.238 e. The average Bonchev–Trinajstić information content (AvgIpc) is 3.40. The highest BCUT2D eigenvalue weighted by atomic mass is 35.5. The number of rotatable bonds is 6. The van der Waals surface area contributed by atoms with Crippen LogP contribution in [0.3, 0.4) is 0 Å². The first-order valence-electron chi connectivity index (χ1n) is 9.51. The second-order valence-corrected chi connectivity index (χ2v) is 8.07. The second-order valence-electron chi connectivity index (χ2n) is 7.20. The summed E-state index contributed by atoms with van der Waals surface area (Å²) in [4.78, 5) is 16.7. The van der Waals surface area contributed by atoms with E-state index < -0.39 is 0 Å². The lowest BCUT2D eigenvalue weighted by Gasteiger charge is -2.31. The number of amides is 1. The molecule has 1 aliphatic carbocycles. The van der Waals surface area contributed by atoms with E-state index in [-0.39, 0.29) is 18.0 Å². The Hall–Kier alpha value is -2.41. The lowest BCUT2D eigenvalue weighted by molar-refractivity contribution is -0.115. The normalized spacial score (nSPS) is 15.4. The van der Waals surface area contributed by atoms with Gasteiger partial charge in [-0.3, -0.25) is 10.1 Å². The Morgan fingerprint density at radius 2 is 1.79 bits per heavy atom. The number of carbonyl (C=O) groups excluding carboxylic acids is 1. The van der Waals surface area contributed by atoms with Gasteiger partial charge < -0.3 is 5.32 Å². The Morgan fingerprint density at radius 3 is 2.48 bits per heavy atom. The molecule has 0 atom stereocenters. The summed E-state index contributed by atoms with van der Waals surface area (Å²) in [5.74, 6) is -0.145. The van der Waals surface area contributed by atoms with Gasteiger partial charge in [0.25, 0.3) is 0 Å². The minimum atomic E-state index is -0.203. The molecule has 0 bridgehead atoms. The maximum atomic E-state index is 12.7. The van der Waals surface area contributed by atoms with Gasteiger partial charge in [-0.15, -0.1) is 0 Å². The molecule has 1 aromatic heterocycles. The van der Waals surface area contributed by atoms with E-state index in [2.05, 4.69) is 20.7 Å². The summed E-state index contributed by atoms with van der Waals surface area (Å²) < 4.78 is 1.59. The van der Waals surface area contributed by atoms with Crippen LogP contribution in [0.4, 0.5) is 5.69 Å². The van der Waals surface area contributed by atoms with Gasteiger partial charge in [-0.1, -0.05) is 48.2 Å². The highest BCUT2D eigenvalue weighted by Gasteiger charge is 2.35. The first-order chi connectivity index (χ1) is 14.1. The van der Waals surface area contributed by atoms with Gasteiger partial charge in [0, 0.05) is 15.6 Å². The van der Waals surface area contributed by atoms with Gasteiger partial charge in [-0.25, -0.2) is 9.67 Å². The molecule has 29 heavy (non-hydrogen) atoms. The highest BCUT2D eigenvalue weighted by molar-refractivity contribution is 6.31. The molecule has 0 radical (unpaired) electrons. The van der Waals surface area contributed by atoms with Crippen LogP contribution in [0, 0.1) is 0 Å². The molecule has 8 heteroatoms. The predicted octanol–water partition coefficient (Wildman–Crippen LogP) is 4.57. The zero-order valence-corrected chi connectivity index (χ0v) is 17.2. The van der Waals surface area contributed by atoms with E-state index in [0.29, 0.717) is 21.4 Å². The van der Waals surface area contributed by atoms with E-state index >= 15 is 0 Å². The van der Waals surface area contributed by atoms with Gasteiger partial charge >= 0.3 is 0 Å². The number of hydrogen-bond donors (Lipinski definition) is 2. The van der Waals surface area contributed by atoms with Crippen molar-refractivity contribution in [1.82, 2.24) is 20.1 Å². The molecule has 1 aliphatic rings. The maximum absolute atomic E-state index is 12.7. The molecule has 3 aromatic rings. The number of hydrogen-bond acceptors (Lipinski definition) is 4. The van der Waals surface area contributed by atoms with Crippen molar-refractivity contribution in [2.24, 2.45) is 0 Å². The topological polar surface area (TPSA) is 71.8 Å². The molecule has 1 fully saturated rings. The molecule has 0 aliphatic heterocycles. The van der Waals surface area contributed by atoms with Crippen molar-refractivity contribution < 1.29 is 4.79 Å². The van der Waals surface area contributed by atoms with Crippen molar-refractivity contribution in [3.05, 3.63) is 70.7 Å². The molecule has 150 valence electrons. The van der Waals surface area contributed by atoms with Crippen molar-refractivity contribution in [3.63, 3.8) is 0 Å². The summed E-state index contributed by atoms with van der Waals surface area (Å²) in [7, 11) is 0. The van der Waals surface area contributed by atoms with Crippen molar-refractivity contribution in [2.75, 3.05) is 11.9 Å². The molecule has 0 unspecified atom stereocenters. The average molecular weight is 430 g/mol. The number of nitrogens with zero attached hydrogens (tertiary/aromatic N) is 3. The van der Waals surface area contributed by atoms with E-state index in [1.807, 2.05) is 24.3 Å².